The average molecular weight is 379 g/mol. The van der Waals surface area contributed by atoms with Gasteiger partial charge in [-0.2, -0.15) is 4.98 Å². The maximum Gasteiger partial charge on any atom is 0.302 e. The molecule has 138 valence electrons. The average Bonchev–Trinajstić information content (AvgIpc) is 3.26. The Morgan fingerprint density at radius 3 is 2.81 bits per heavy atom. The minimum atomic E-state index is 0.484. The Balaban J connectivity index is 1.34. The van der Waals surface area contributed by atoms with Crippen molar-refractivity contribution in [2.75, 3.05) is 18.4 Å². The number of piperidine rings is 1. The van der Waals surface area contributed by atoms with Crippen molar-refractivity contribution in [3.05, 3.63) is 48.0 Å². The van der Waals surface area contributed by atoms with Gasteiger partial charge < -0.3 is 4.42 Å². The van der Waals surface area contributed by atoms with Crippen LogP contribution in [0.4, 0.5) is 11.1 Å². The van der Waals surface area contributed by atoms with Crippen molar-refractivity contribution >= 4 is 43.8 Å². The molecule has 0 spiro atoms. The molecule has 4 aromatic rings. The second-order valence-corrected chi connectivity index (χ2v) is 8.42. The molecule has 1 aliphatic rings. The number of fused-ring (bicyclic) bond motifs is 2. The molecule has 1 fully saturated rings. The Kier molecular flexibility index (Phi) is 4.30. The van der Waals surface area contributed by atoms with Gasteiger partial charge in [0.1, 0.15) is 5.52 Å². The molecule has 0 amide bonds. The number of hydrogen-bond donors (Lipinski definition) is 1. The van der Waals surface area contributed by atoms with Gasteiger partial charge in [0, 0.05) is 6.54 Å². The number of aromatic nitrogens is 2. The molecule has 0 bridgehead atoms. The van der Waals surface area contributed by atoms with Crippen molar-refractivity contribution in [3.8, 4) is 0 Å². The molecular weight excluding hydrogens is 356 g/mol. The van der Waals surface area contributed by atoms with Crippen LogP contribution < -0.4 is 5.32 Å². The first-order valence-electron chi connectivity index (χ1n) is 9.47. The molecule has 0 atom stereocenters. The summed E-state index contributed by atoms with van der Waals surface area (Å²) in [7, 11) is 0. The molecule has 0 radical (unpaired) electrons. The van der Waals surface area contributed by atoms with Crippen LogP contribution >= 0.6 is 11.3 Å². The number of likely N-dealkylation sites (tertiary alicyclic amines) is 1. The summed E-state index contributed by atoms with van der Waals surface area (Å²) >= 11 is 1.64. The third-order valence-electron chi connectivity index (χ3n) is 5.24. The van der Waals surface area contributed by atoms with E-state index < -0.39 is 0 Å². The Morgan fingerprint density at radius 1 is 1.11 bits per heavy atom. The number of para-hydroxylation sites is 2. The zero-order chi connectivity index (χ0) is 18.2. The van der Waals surface area contributed by atoms with Gasteiger partial charge in [-0.3, -0.25) is 10.2 Å². The van der Waals surface area contributed by atoms with Crippen LogP contribution in [0.1, 0.15) is 25.3 Å². The predicted octanol–water partition coefficient (Wildman–Crippen LogP) is 5.41. The Morgan fingerprint density at radius 2 is 1.96 bits per heavy atom. The lowest BCUT2D eigenvalue weighted by molar-refractivity contribution is 0.185. The number of rotatable bonds is 4. The maximum absolute atomic E-state index is 5.74. The lowest BCUT2D eigenvalue weighted by atomic mass is 9.99. The summed E-state index contributed by atoms with van der Waals surface area (Å²) in [5.74, 6) is 0.866. The Hall–Kier alpha value is -2.44. The maximum atomic E-state index is 5.74. The van der Waals surface area contributed by atoms with Crippen molar-refractivity contribution in [1.29, 1.82) is 0 Å². The van der Waals surface area contributed by atoms with Crippen LogP contribution in [0.2, 0.25) is 0 Å². The van der Waals surface area contributed by atoms with E-state index in [4.69, 9.17) is 4.42 Å². The second kappa shape index (κ2) is 6.94. The number of nitrogens with zero attached hydrogens (tertiary/aromatic N) is 3. The van der Waals surface area contributed by atoms with Gasteiger partial charge in [0.25, 0.3) is 0 Å². The van der Waals surface area contributed by atoms with E-state index in [-0.39, 0.29) is 0 Å². The normalized spacial score (nSPS) is 16.3. The molecule has 2 aromatic carbocycles. The van der Waals surface area contributed by atoms with Gasteiger partial charge in [0.15, 0.2) is 10.7 Å². The van der Waals surface area contributed by atoms with Crippen LogP contribution in [0.15, 0.2) is 46.9 Å². The van der Waals surface area contributed by atoms with Crippen LogP contribution in [0.25, 0.3) is 21.3 Å². The molecular formula is C21H22N4OS. The zero-order valence-corrected chi connectivity index (χ0v) is 16.1. The van der Waals surface area contributed by atoms with Gasteiger partial charge >= 0.3 is 6.01 Å². The van der Waals surface area contributed by atoms with Gasteiger partial charge in [-0.05, 0) is 61.7 Å². The molecule has 6 heteroatoms. The predicted molar refractivity (Wildman–Crippen MR) is 111 cm³/mol. The molecule has 1 aliphatic heterocycles. The van der Waals surface area contributed by atoms with Crippen molar-refractivity contribution in [2.45, 2.75) is 26.3 Å². The van der Waals surface area contributed by atoms with E-state index in [0.29, 0.717) is 6.01 Å². The summed E-state index contributed by atoms with van der Waals surface area (Å²) < 4.78 is 6.93. The molecule has 27 heavy (non-hydrogen) atoms. The number of hydrogen-bond acceptors (Lipinski definition) is 6. The smallest absolute Gasteiger partial charge is 0.302 e. The fraction of sp³-hybridized carbons (Fsp3) is 0.333. The van der Waals surface area contributed by atoms with Gasteiger partial charge in [0.05, 0.1) is 10.2 Å². The molecule has 2 aromatic heterocycles. The first-order chi connectivity index (χ1) is 13.2. The van der Waals surface area contributed by atoms with E-state index in [1.165, 1.54) is 36.2 Å². The molecule has 5 nitrogen and oxygen atoms in total. The summed E-state index contributed by atoms with van der Waals surface area (Å²) in [6.07, 6.45) is 2.61. The lowest BCUT2D eigenvalue weighted by Crippen LogP contribution is -2.32. The lowest BCUT2D eigenvalue weighted by Gasteiger charge is -2.30. The third kappa shape index (κ3) is 3.55. The van der Waals surface area contributed by atoms with Gasteiger partial charge in [-0.15, -0.1) is 0 Å². The van der Waals surface area contributed by atoms with Gasteiger partial charge in [-0.25, -0.2) is 4.98 Å². The Bertz CT molecular complexity index is 1050. The molecule has 1 N–H and O–H groups in total. The standard InChI is InChI=1S/C21H22N4OS/c1-14-8-10-25(11-9-14)13-15-6-7-17-19(12-15)27-21(23-17)24-20-22-16-4-2-3-5-18(16)26-20/h2-7,12,14H,8-11,13H2,1H3,(H,22,23,24). The molecule has 0 unspecified atom stereocenters. The highest BCUT2D eigenvalue weighted by molar-refractivity contribution is 7.22. The SMILES string of the molecule is CC1CCN(Cc2ccc3nc(Nc4nc5ccccc5o4)sc3c2)CC1. The first-order valence-corrected chi connectivity index (χ1v) is 10.3. The molecule has 3 heterocycles. The van der Waals surface area contributed by atoms with Crippen LogP contribution in [0.3, 0.4) is 0 Å². The summed E-state index contributed by atoms with van der Waals surface area (Å²) in [6, 6.07) is 14.8. The highest BCUT2D eigenvalue weighted by Gasteiger charge is 2.16. The van der Waals surface area contributed by atoms with Crippen molar-refractivity contribution in [2.24, 2.45) is 5.92 Å². The minimum absolute atomic E-state index is 0.484. The zero-order valence-electron chi connectivity index (χ0n) is 15.3. The summed E-state index contributed by atoms with van der Waals surface area (Å²) in [4.78, 5) is 11.7. The fourth-order valence-corrected chi connectivity index (χ4v) is 4.54. The second-order valence-electron chi connectivity index (χ2n) is 7.39. The summed E-state index contributed by atoms with van der Waals surface area (Å²) in [6.45, 7) is 5.78. The van der Waals surface area contributed by atoms with Gasteiger partial charge in [-0.1, -0.05) is 36.5 Å². The van der Waals surface area contributed by atoms with Crippen molar-refractivity contribution < 1.29 is 4.42 Å². The van der Waals surface area contributed by atoms with Crippen LogP contribution in [0, 0.1) is 5.92 Å². The number of anilines is 2. The van der Waals surface area contributed by atoms with Crippen LogP contribution in [0.5, 0.6) is 0 Å². The highest BCUT2D eigenvalue weighted by Crippen LogP contribution is 2.30. The largest absolute Gasteiger partial charge is 0.423 e. The Labute approximate surface area is 162 Å². The highest BCUT2D eigenvalue weighted by atomic mass is 32.1. The first kappa shape index (κ1) is 16.7. The fourth-order valence-electron chi connectivity index (χ4n) is 3.62. The van der Waals surface area contributed by atoms with Crippen LogP contribution in [-0.2, 0) is 6.54 Å². The molecule has 5 rings (SSSR count). The van der Waals surface area contributed by atoms with Crippen molar-refractivity contribution in [1.82, 2.24) is 14.9 Å². The number of nitrogens with one attached hydrogen (secondary N) is 1. The number of thiazole rings is 1. The quantitative estimate of drug-likeness (QED) is 0.514. The van der Waals surface area contributed by atoms with E-state index in [2.05, 4.69) is 45.3 Å². The van der Waals surface area contributed by atoms with E-state index in [9.17, 15) is 0 Å². The summed E-state index contributed by atoms with van der Waals surface area (Å²) in [5.41, 5.74) is 3.99. The van der Waals surface area contributed by atoms with E-state index >= 15 is 0 Å². The van der Waals surface area contributed by atoms with Gasteiger partial charge in [0.2, 0.25) is 0 Å². The molecule has 1 saturated heterocycles. The topological polar surface area (TPSA) is 54.2 Å². The number of benzene rings is 2. The summed E-state index contributed by atoms with van der Waals surface area (Å²) in [5, 5.41) is 4.01. The van der Waals surface area contributed by atoms with E-state index in [1.807, 2.05) is 24.3 Å². The monoisotopic (exact) mass is 378 g/mol. The minimum Gasteiger partial charge on any atom is -0.423 e. The van der Waals surface area contributed by atoms with E-state index in [0.717, 1.165) is 34.2 Å². The third-order valence-corrected chi connectivity index (χ3v) is 6.18. The molecule has 0 saturated carbocycles. The van der Waals surface area contributed by atoms with E-state index in [1.54, 1.807) is 11.3 Å². The number of oxazole rings is 1. The van der Waals surface area contributed by atoms with Crippen molar-refractivity contribution in [3.63, 3.8) is 0 Å². The van der Waals surface area contributed by atoms with Crippen LogP contribution in [-0.4, -0.2) is 28.0 Å². The molecule has 0 aliphatic carbocycles.